The molecule has 3 aliphatic rings. The van der Waals surface area contributed by atoms with Crippen molar-refractivity contribution in [2.45, 2.75) is 32.1 Å². The molecule has 2 aliphatic heterocycles. The van der Waals surface area contributed by atoms with E-state index < -0.39 is 0 Å². The van der Waals surface area contributed by atoms with Crippen molar-refractivity contribution >= 4 is 34.5 Å². The third-order valence-electron chi connectivity index (χ3n) is 6.57. The van der Waals surface area contributed by atoms with Crippen molar-refractivity contribution in [1.82, 2.24) is 4.90 Å². The van der Waals surface area contributed by atoms with Gasteiger partial charge in [0.1, 0.15) is 0 Å². The quantitative estimate of drug-likeness (QED) is 0.791. The molecule has 7 heteroatoms. The second-order valence-corrected chi connectivity index (χ2v) is 9.77. The van der Waals surface area contributed by atoms with Gasteiger partial charge in [-0.1, -0.05) is 0 Å². The Labute approximate surface area is 187 Å². The Hall–Kier alpha value is -2.38. The summed E-state index contributed by atoms with van der Waals surface area (Å²) in [5.41, 5.74) is 3.18. The molecule has 0 radical (unpaired) electrons. The molecule has 1 atom stereocenters. The maximum absolute atomic E-state index is 12.9. The van der Waals surface area contributed by atoms with Gasteiger partial charge < -0.3 is 19.9 Å². The molecule has 1 aromatic carbocycles. The highest BCUT2D eigenvalue weighted by Gasteiger charge is 2.29. The van der Waals surface area contributed by atoms with Gasteiger partial charge in [0.15, 0.2) is 0 Å². The van der Waals surface area contributed by atoms with Gasteiger partial charge in [0.2, 0.25) is 5.91 Å². The Morgan fingerprint density at radius 2 is 1.77 bits per heavy atom. The number of nitrogens with zero attached hydrogens (tertiary/aromatic N) is 2. The molecule has 3 heterocycles. The van der Waals surface area contributed by atoms with E-state index in [1.807, 2.05) is 23.1 Å². The zero-order chi connectivity index (χ0) is 21.2. The first-order valence-electron chi connectivity index (χ1n) is 11.3. The number of likely N-dealkylation sites (tertiary alicyclic amines) is 1. The van der Waals surface area contributed by atoms with E-state index in [0.717, 1.165) is 87.7 Å². The number of morpholine rings is 1. The molecule has 2 aromatic rings. The predicted molar refractivity (Wildman–Crippen MR) is 123 cm³/mol. The van der Waals surface area contributed by atoms with Crippen LogP contribution in [0, 0.1) is 5.92 Å². The van der Waals surface area contributed by atoms with Crippen molar-refractivity contribution < 1.29 is 14.3 Å². The number of hydrogen-bond donors (Lipinski definition) is 1. The van der Waals surface area contributed by atoms with Crippen LogP contribution < -0.4 is 10.2 Å². The molecule has 0 spiro atoms. The maximum atomic E-state index is 12.9. The van der Waals surface area contributed by atoms with Gasteiger partial charge in [-0.05, 0) is 68.0 Å². The zero-order valence-electron chi connectivity index (χ0n) is 17.8. The molecule has 31 heavy (non-hydrogen) atoms. The van der Waals surface area contributed by atoms with Crippen LogP contribution in [-0.4, -0.2) is 56.1 Å². The molecule has 1 N–H and O–H groups in total. The number of thiophene rings is 1. The average molecular weight is 440 g/mol. The lowest BCUT2D eigenvalue weighted by molar-refractivity contribution is -0.120. The van der Waals surface area contributed by atoms with Crippen LogP contribution in [0.5, 0.6) is 0 Å². The van der Waals surface area contributed by atoms with Crippen LogP contribution in [0.3, 0.4) is 0 Å². The fraction of sp³-hybridized carbons (Fsp3) is 0.500. The fourth-order valence-corrected chi connectivity index (χ4v) is 5.93. The summed E-state index contributed by atoms with van der Waals surface area (Å²) in [6.07, 6.45) is 4.64. The average Bonchev–Trinajstić information content (AvgIpc) is 3.49. The maximum Gasteiger partial charge on any atom is 0.263 e. The minimum atomic E-state index is -0.0456. The number of ether oxygens (including phenoxy) is 1. The number of carbonyl (C=O) groups is 2. The van der Waals surface area contributed by atoms with E-state index in [0.29, 0.717) is 0 Å². The van der Waals surface area contributed by atoms with Crippen LogP contribution in [0.15, 0.2) is 30.3 Å². The van der Waals surface area contributed by atoms with Crippen LogP contribution in [0.25, 0.3) is 0 Å². The summed E-state index contributed by atoms with van der Waals surface area (Å²) in [5.74, 6) is 0.192. The topological polar surface area (TPSA) is 61.9 Å². The number of amides is 2. The summed E-state index contributed by atoms with van der Waals surface area (Å²) < 4.78 is 5.41. The predicted octanol–water partition coefficient (Wildman–Crippen LogP) is 3.56. The Balaban J connectivity index is 1.20. The Morgan fingerprint density at radius 1 is 1.03 bits per heavy atom. The van der Waals surface area contributed by atoms with Crippen LogP contribution in [-0.2, 0) is 22.4 Å². The molecule has 164 valence electrons. The Morgan fingerprint density at radius 3 is 2.52 bits per heavy atom. The van der Waals surface area contributed by atoms with Gasteiger partial charge in [-0.15, -0.1) is 11.3 Å². The number of anilines is 2. The molecule has 1 aromatic heterocycles. The van der Waals surface area contributed by atoms with Crippen LogP contribution >= 0.6 is 11.3 Å². The third kappa shape index (κ3) is 4.48. The standard InChI is InChI=1S/C24H29N3O3S/c28-23(25-19-4-6-20(7-5-19)26-11-13-30-14-12-26)17-3-8-21-18(15-17)16-22(31-21)24(29)27-9-1-2-10-27/h4-7,16-17H,1-3,8-15H2,(H,25,28)/t17-/m0/s1. The second-order valence-electron chi connectivity index (χ2n) is 8.63. The first kappa shape index (κ1) is 20.5. The minimum absolute atomic E-state index is 0.0456. The van der Waals surface area contributed by atoms with E-state index in [1.165, 1.54) is 10.4 Å². The molecule has 0 bridgehead atoms. The molecule has 1 aliphatic carbocycles. The van der Waals surface area contributed by atoms with Gasteiger partial charge in [-0.3, -0.25) is 9.59 Å². The van der Waals surface area contributed by atoms with Crippen molar-refractivity contribution in [1.29, 1.82) is 0 Å². The summed E-state index contributed by atoms with van der Waals surface area (Å²) in [6.45, 7) is 5.07. The van der Waals surface area contributed by atoms with E-state index >= 15 is 0 Å². The lowest BCUT2D eigenvalue weighted by Crippen LogP contribution is -2.36. The number of fused-ring (bicyclic) bond motifs is 1. The van der Waals surface area contributed by atoms with Gasteiger partial charge >= 0.3 is 0 Å². The van der Waals surface area contributed by atoms with Gasteiger partial charge in [0.05, 0.1) is 18.1 Å². The number of nitrogens with one attached hydrogen (secondary N) is 1. The minimum Gasteiger partial charge on any atom is -0.378 e. The molecule has 0 saturated carbocycles. The van der Waals surface area contributed by atoms with Crippen molar-refractivity contribution in [3.05, 3.63) is 45.6 Å². The van der Waals surface area contributed by atoms with E-state index in [-0.39, 0.29) is 17.7 Å². The highest BCUT2D eigenvalue weighted by molar-refractivity contribution is 7.14. The lowest BCUT2D eigenvalue weighted by atomic mass is 9.87. The molecule has 2 amide bonds. The van der Waals surface area contributed by atoms with Crippen LogP contribution in [0.1, 0.15) is 39.4 Å². The number of benzene rings is 1. The van der Waals surface area contributed by atoms with Crippen molar-refractivity contribution in [3.8, 4) is 0 Å². The molecule has 2 saturated heterocycles. The first-order valence-corrected chi connectivity index (χ1v) is 12.1. The van der Waals surface area contributed by atoms with Gasteiger partial charge in [0, 0.05) is 48.3 Å². The smallest absolute Gasteiger partial charge is 0.263 e. The summed E-state index contributed by atoms with van der Waals surface area (Å²) >= 11 is 1.63. The lowest BCUT2D eigenvalue weighted by Gasteiger charge is -2.29. The monoisotopic (exact) mass is 439 g/mol. The Bertz CT molecular complexity index is 943. The molecular weight excluding hydrogens is 410 g/mol. The van der Waals surface area contributed by atoms with E-state index in [9.17, 15) is 9.59 Å². The largest absolute Gasteiger partial charge is 0.378 e. The van der Waals surface area contributed by atoms with Gasteiger partial charge in [-0.25, -0.2) is 0 Å². The Kier molecular flexibility index (Phi) is 5.96. The highest BCUT2D eigenvalue weighted by atomic mass is 32.1. The molecule has 2 fully saturated rings. The normalized spacial score (nSPS) is 21.1. The SMILES string of the molecule is O=C(Nc1ccc(N2CCOCC2)cc1)[C@H]1CCc2sc(C(=O)N3CCCC3)cc2C1. The summed E-state index contributed by atoms with van der Waals surface area (Å²) in [5, 5.41) is 3.09. The zero-order valence-corrected chi connectivity index (χ0v) is 18.6. The molecule has 6 nitrogen and oxygen atoms in total. The van der Waals surface area contributed by atoms with Crippen molar-refractivity contribution in [2.24, 2.45) is 5.92 Å². The van der Waals surface area contributed by atoms with Gasteiger partial charge in [0.25, 0.3) is 5.91 Å². The second kappa shape index (κ2) is 9.01. The molecule has 5 rings (SSSR count). The highest BCUT2D eigenvalue weighted by Crippen LogP contribution is 2.34. The van der Waals surface area contributed by atoms with Crippen molar-refractivity contribution in [2.75, 3.05) is 49.6 Å². The van der Waals surface area contributed by atoms with Crippen LogP contribution in [0.4, 0.5) is 11.4 Å². The summed E-state index contributed by atoms with van der Waals surface area (Å²) in [6, 6.07) is 10.1. The number of hydrogen-bond acceptors (Lipinski definition) is 5. The summed E-state index contributed by atoms with van der Waals surface area (Å²) in [4.78, 5) is 32.0. The van der Waals surface area contributed by atoms with Crippen LogP contribution in [0.2, 0.25) is 0 Å². The number of carbonyl (C=O) groups excluding carboxylic acids is 2. The number of rotatable bonds is 4. The number of aryl methyl sites for hydroxylation is 1. The van der Waals surface area contributed by atoms with E-state index in [1.54, 1.807) is 11.3 Å². The summed E-state index contributed by atoms with van der Waals surface area (Å²) in [7, 11) is 0. The third-order valence-corrected chi connectivity index (χ3v) is 7.79. The van der Waals surface area contributed by atoms with Gasteiger partial charge in [-0.2, -0.15) is 0 Å². The van der Waals surface area contributed by atoms with Crippen molar-refractivity contribution in [3.63, 3.8) is 0 Å². The molecular formula is C24H29N3O3S. The first-order chi connectivity index (χ1) is 15.2. The fourth-order valence-electron chi connectivity index (χ4n) is 4.75. The van der Waals surface area contributed by atoms with E-state index in [4.69, 9.17) is 4.74 Å². The van der Waals surface area contributed by atoms with E-state index in [2.05, 4.69) is 22.3 Å². The molecule has 0 unspecified atom stereocenters.